The third-order valence-electron chi connectivity index (χ3n) is 6.30. The Kier molecular flexibility index (Phi) is 6.21. The smallest absolute Gasteiger partial charge is 0.322 e. The number of anilines is 2. The van der Waals surface area contributed by atoms with Crippen LogP contribution in [0.15, 0.2) is 72.8 Å². The molecule has 3 aromatic carbocycles. The number of urea groups is 1. The lowest BCUT2D eigenvalue weighted by Crippen LogP contribution is -2.36. The highest BCUT2D eigenvalue weighted by atomic mass is 16.5. The summed E-state index contributed by atoms with van der Waals surface area (Å²) in [6.07, 6.45) is 1.93. The molecule has 1 aliphatic carbocycles. The van der Waals surface area contributed by atoms with Gasteiger partial charge in [-0.1, -0.05) is 42.0 Å². The molecular weight excluding hydrogens is 426 g/mol. The first-order valence-corrected chi connectivity index (χ1v) is 11.8. The average molecular weight is 456 g/mol. The molecule has 34 heavy (non-hydrogen) atoms. The summed E-state index contributed by atoms with van der Waals surface area (Å²) in [6, 6.07) is 23.5. The summed E-state index contributed by atoms with van der Waals surface area (Å²) < 4.78 is 5.93. The second kappa shape index (κ2) is 9.59. The van der Waals surface area contributed by atoms with Crippen LogP contribution in [0.5, 0.6) is 5.75 Å². The van der Waals surface area contributed by atoms with Crippen molar-refractivity contribution in [3.05, 3.63) is 89.5 Å². The maximum atomic E-state index is 13.0. The summed E-state index contributed by atoms with van der Waals surface area (Å²) in [5.74, 6) is 1.09. The summed E-state index contributed by atoms with van der Waals surface area (Å²) in [6.45, 7) is 3.89. The molecule has 2 aliphatic rings. The van der Waals surface area contributed by atoms with Crippen LogP contribution >= 0.6 is 0 Å². The Morgan fingerprint density at radius 2 is 1.79 bits per heavy atom. The number of nitrogens with one attached hydrogen (secondary N) is 1. The van der Waals surface area contributed by atoms with Crippen LogP contribution in [0, 0.1) is 12.8 Å². The highest BCUT2D eigenvalue weighted by Gasteiger charge is 2.34. The van der Waals surface area contributed by atoms with E-state index in [1.807, 2.05) is 78.6 Å². The number of hydrogen-bond donors (Lipinski definition) is 1. The van der Waals surface area contributed by atoms with Gasteiger partial charge in [0.25, 0.3) is 0 Å². The highest BCUT2D eigenvalue weighted by molar-refractivity contribution is 5.96. The molecule has 0 bridgehead atoms. The van der Waals surface area contributed by atoms with Gasteiger partial charge in [0, 0.05) is 22.9 Å². The van der Waals surface area contributed by atoms with E-state index in [0.717, 1.165) is 46.7 Å². The topological polar surface area (TPSA) is 61.9 Å². The molecule has 0 saturated heterocycles. The van der Waals surface area contributed by atoms with Crippen LogP contribution in [0.4, 0.5) is 16.2 Å². The summed E-state index contributed by atoms with van der Waals surface area (Å²) in [7, 11) is 0. The van der Waals surface area contributed by atoms with E-state index >= 15 is 0 Å². The Bertz CT molecular complexity index is 1170. The van der Waals surface area contributed by atoms with Gasteiger partial charge in [-0.05, 0) is 61.7 Å². The minimum atomic E-state index is -0.152. The van der Waals surface area contributed by atoms with Gasteiger partial charge in [0.05, 0.1) is 19.6 Å². The Morgan fingerprint density at radius 1 is 1.03 bits per heavy atom. The van der Waals surface area contributed by atoms with Crippen molar-refractivity contribution in [1.82, 2.24) is 4.90 Å². The first-order chi connectivity index (χ1) is 16.6. The van der Waals surface area contributed by atoms with E-state index < -0.39 is 0 Å². The molecular formula is C28H29N3O3. The van der Waals surface area contributed by atoms with E-state index in [1.54, 1.807) is 4.90 Å². The van der Waals surface area contributed by atoms with Gasteiger partial charge in [-0.25, -0.2) is 4.79 Å². The van der Waals surface area contributed by atoms with Crippen LogP contribution in [0.1, 0.15) is 29.5 Å². The molecule has 0 aromatic heterocycles. The minimum Gasteiger partial charge on any atom is -0.491 e. The summed E-state index contributed by atoms with van der Waals surface area (Å²) in [5.41, 5.74) is 4.78. The third kappa shape index (κ3) is 5.06. The predicted molar refractivity (Wildman–Crippen MR) is 133 cm³/mol. The molecule has 0 spiro atoms. The van der Waals surface area contributed by atoms with Crippen molar-refractivity contribution in [1.29, 1.82) is 0 Å². The van der Waals surface area contributed by atoms with Gasteiger partial charge in [-0.15, -0.1) is 0 Å². The number of aryl methyl sites for hydroxylation is 1. The fraction of sp³-hybridized carbons (Fsp3) is 0.286. The van der Waals surface area contributed by atoms with Crippen LogP contribution in [-0.4, -0.2) is 30.0 Å². The van der Waals surface area contributed by atoms with Crippen molar-refractivity contribution in [2.45, 2.75) is 32.9 Å². The van der Waals surface area contributed by atoms with Gasteiger partial charge in [-0.2, -0.15) is 0 Å². The van der Waals surface area contributed by atoms with Gasteiger partial charge < -0.3 is 19.9 Å². The Morgan fingerprint density at radius 3 is 2.53 bits per heavy atom. The number of amides is 3. The quantitative estimate of drug-likeness (QED) is 0.563. The number of hydrogen-bond acceptors (Lipinski definition) is 3. The fourth-order valence-corrected chi connectivity index (χ4v) is 4.20. The molecule has 1 heterocycles. The maximum absolute atomic E-state index is 13.0. The molecule has 174 valence electrons. The molecule has 1 fully saturated rings. The van der Waals surface area contributed by atoms with Crippen LogP contribution in [0.2, 0.25) is 0 Å². The second-order valence-electron chi connectivity index (χ2n) is 9.04. The largest absolute Gasteiger partial charge is 0.491 e. The molecule has 5 rings (SSSR count). The standard InChI is InChI=1S/C28H29N3O3/c1-20-7-12-24(13-8-20)29-28(33)30-15-16-34-26-14-9-21(17-23(26)19-30)18-31(27(32)22-10-11-22)25-5-3-2-4-6-25/h2-9,12-14,17,22H,10-11,15-16,18-19H2,1H3,(H,29,33). The number of nitrogens with zero attached hydrogens (tertiary/aromatic N) is 2. The lowest BCUT2D eigenvalue weighted by molar-refractivity contribution is -0.119. The first kappa shape index (κ1) is 22.0. The molecule has 1 N–H and O–H groups in total. The number of carbonyl (C=O) groups excluding carboxylic acids is 2. The van der Waals surface area contributed by atoms with Crippen LogP contribution < -0.4 is 15.0 Å². The third-order valence-corrected chi connectivity index (χ3v) is 6.30. The van der Waals surface area contributed by atoms with E-state index in [4.69, 9.17) is 4.74 Å². The molecule has 6 nitrogen and oxygen atoms in total. The summed E-state index contributed by atoms with van der Waals surface area (Å²) in [5, 5.41) is 2.98. The number of rotatable bonds is 5. The second-order valence-corrected chi connectivity index (χ2v) is 9.04. The predicted octanol–water partition coefficient (Wildman–Crippen LogP) is 5.36. The zero-order valence-electron chi connectivity index (χ0n) is 19.4. The van der Waals surface area contributed by atoms with E-state index in [2.05, 4.69) is 11.4 Å². The monoisotopic (exact) mass is 455 g/mol. The summed E-state index contributed by atoms with van der Waals surface area (Å²) >= 11 is 0. The molecule has 6 heteroatoms. The Labute approximate surface area is 200 Å². The molecule has 3 amide bonds. The van der Waals surface area contributed by atoms with Crippen LogP contribution in [0.25, 0.3) is 0 Å². The van der Waals surface area contributed by atoms with E-state index in [1.165, 1.54) is 0 Å². The van der Waals surface area contributed by atoms with Gasteiger partial charge in [-0.3, -0.25) is 4.79 Å². The van der Waals surface area contributed by atoms with Crippen LogP contribution in [-0.2, 0) is 17.9 Å². The molecule has 3 aromatic rings. The number of para-hydroxylation sites is 1. The van der Waals surface area contributed by atoms with Crippen molar-refractivity contribution >= 4 is 23.3 Å². The van der Waals surface area contributed by atoms with Crippen molar-refractivity contribution in [3.63, 3.8) is 0 Å². The number of carbonyl (C=O) groups is 2. The average Bonchev–Trinajstić information content (AvgIpc) is 3.71. The Hall–Kier alpha value is -3.80. The number of ether oxygens (including phenoxy) is 1. The normalized spacial score (nSPS) is 15.0. The Balaban J connectivity index is 1.34. The van der Waals surface area contributed by atoms with Crippen molar-refractivity contribution in [2.24, 2.45) is 5.92 Å². The zero-order chi connectivity index (χ0) is 23.5. The molecule has 1 aliphatic heterocycles. The maximum Gasteiger partial charge on any atom is 0.322 e. The van der Waals surface area contributed by atoms with Crippen molar-refractivity contribution in [2.75, 3.05) is 23.4 Å². The molecule has 0 atom stereocenters. The first-order valence-electron chi connectivity index (χ1n) is 11.8. The molecule has 1 saturated carbocycles. The van der Waals surface area contributed by atoms with E-state index in [9.17, 15) is 9.59 Å². The highest BCUT2D eigenvalue weighted by Crippen LogP contribution is 2.34. The van der Waals surface area contributed by atoms with Gasteiger partial charge >= 0.3 is 6.03 Å². The van der Waals surface area contributed by atoms with Crippen molar-refractivity contribution < 1.29 is 14.3 Å². The van der Waals surface area contributed by atoms with Gasteiger partial charge in [0.2, 0.25) is 5.91 Å². The lowest BCUT2D eigenvalue weighted by Gasteiger charge is -2.24. The van der Waals surface area contributed by atoms with E-state index in [0.29, 0.717) is 26.2 Å². The van der Waals surface area contributed by atoms with Crippen molar-refractivity contribution in [3.8, 4) is 5.75 Å². The minimum absolute atomic E-state index is 0.130. The van der Waals surface area contributed by atoms with Crippen LogP contribution in [0.3, 0.4) is 0 Å². The zero-order valence-corrected chi connectivity index (χ0v) is 19.4. The number of benzene rings is 3. The van der Waals surface area contributed by atoms with Gasteiger partial charge in [0.1, 0.15) is 12.4 Å². The van der Waals surface area contributed by atoms with E-state index in [-0.39, 0.29) is 17.9 Å². The fourth-order valence-electron chi connectivity index (χ4n) is 4.20. The number of fused-ring (bicyclic) bond motifs is 1. The lowest BCUT2D eigenvalue weighted by atomic mass is 10.1. The molecule has 0 radical (unpaired) electrons. The molecule has 0 unspecified atom stereocenters. The SMILES string of the molecule is Cc1ccc(NC(=O)N2CCOc3ccc(CN(C(=O)C4CC4)c4ccccc4)cc3C2)cc1. The summed E-state index contributed by atoms with van der Waals surface area (Å²) in [4.78, 5) is 29.6. The van der Waals surface area contributed by atoms with Gasteiger partial charge in [0.15, 0.2) is 0 Å².